The van der Waals surface area contributed by atoms with E-state index in [1.54, 1.807) is 31.2 Å². The van der Waals surface area contributed by atoms with Gasteiger partial charge in [0.1, 0.15) is 0 Å². The van der Waals surface area contributed by atoms with Crippen molar-refractivity contribution in [2.24, 2.45) is 10.3 Å². The van der Waals surface area contributed by atoms with Crippen LogP contribution in [0.1, 0.15) is 80.8 Å². The van der Waals surface area contributed by atoms with Gasteiger partial charge in [-0.2, -0.15) is 0 Å². The van der Waals surface area contributed by atoms with Crippen molar-refractivity contribution < 1.29 is 37.9 Å². The minimum Gasteiger partial charge on any atom is -0.478 e. The maximum Gasteiger partial charge on any atom is 0.338 e. The first-order chi connectivity index (χ1) is 24.0. The van der Waals surface area contributed by atoms with E-state index >= 15 is 0 Å². The van der Waals surface area contributed by atoms with Gasteiger partial charge in [0.25, 0.3) is 0 Å². The molecule has 4 aromatic rings. The number of aromatic carboxylic acids is 1. The van der Waals surface area contributed by atoms with Gasteiger partial charge in [-0.3, -0.25) is 0 Å². The number of carbonyl (C=O) groups excluding carboxylic acids is 1. The molecule has 0 saturated heterocycles. The topological polar surface area (TPSA) is 107 Å². The summed E-state index contributed by atoms with van der Waals surface area (Å²) < 4.78 is 32.1. The third-order valence-electron chi connectivity index (χ3n) is 8.67. The Bertz CT molecular complexity index is 2100. The summed E-state index contributed by atoms with van der Waals surface area (Å²) in [5.41, 5.74) is 4.72. The number of esters is 1. The number of aryl methyl sites for hydroxylation is 2. The number of rotatable bonds is 6. The SMILES string of the molecule is COC(=O)c1ccc(C2=NOC(C)(c3cc(Cl)c(F)c(Cl)c3)C2)cc1C.Cc1cc(C2=NOC(C)(c3cc(Cl)c(F)c(Cl)c3)C2)ccc1C(=O)O. The Morgan fingerprint density at radius 1 is 0.706 bits per heavy atom. The quantitative estimate of drug-likeness (QED) is 0.154. The molecule has 2 unspecified atom stereocenters. The molecule has 14 heteroatoms. The Labute approximate surface area is 312 Å². The molecule has 2 aliphatic rings. The van der Waals surface area contributed by atoms with Gasteiger partial charge in [0.15, 0.2) is 22.8 Å². The molecule has 0 fully saturated rings. The van der Waals surface area contributed by atoms with Crippen LogP contribution in [-0.4, -0.2) is 35.6 Å². The highest BCUT2D eigenvalue weighted by Crippen LogP contribution is 2.41. The summed E-state index contributed by atoms with van der Waals surface area (Å²) >= 11 is 23.5. The summed E-state index contributed by atoms with van der Waals surface area (Å²) in [5.74, 6) is -2.70. The van der Waals surface area contributed by atoms with E-state index in [1.807, 2.05) is 26.8 Å². The average Bonchev–Trinajstić information content (AvgIpc) is 3.70. The van der Waals surface area contributed by atoms with Gasteiger partial charge in [-0.15, -0.1) is 0 Å². The van der Waals surface area contributed by atoms with Crippen molar-refractivity contribution in [1.82, 2.24) is 0 Å². The number of carboxylic acid groups (broad SMARTS) is 1. The van der Waals surface area contributed by atoms with Crippen LogP contribution >= 0.6 is 46.4 Å². The Balaban J connectivity index is 0.000000198. The van der Waals surface area contributed by atoms with Crippen LogP contribution in [0.25, 0.3) is 0 Å². The molecule has 0 bridgehead atoms. The van der Waals surface area contributed by atoms with E-state index in [1.165, 1.54) is 37.4 Å². The summed E-state index contributed by atoms with van der Waals surface area (Å²) in [6, 6.07) is 16.2. The standard InChI is InChI=1S/C19H16Cl2FNO3.C18H14Cl2FNO3/c1-10-6-11(4-5-13(10)18(24)25-3)16-9-19(2,26-23-16)12-7-14(20)17(22)15(21)8-12;1-9-5-10(3-4-12(9)17(23)24)15-8-18(2,25-22-15)11-6-13(19)16(21)14(20)7-11/h4-8H,9H2,1-3H3;3-7H,8H2,1-2H3,(H,23,24). The van der Waals surface area contributed by atoms with Crippen molar-refractivity contribution in [2.75, 3.05) is 7.11 Å². The summed E-state index contributed by atoms with van der Waals surface area (Å²) in [6.07, 6.45) is 0.861. The van der Waals surface area contributed by atoms with E-state index < -0.39 is 28.8 Å². The summed E-state index contributed by atoms with van der Waals surface area (Å²) in [4.78, 5) is 34.1. The number of carboxylic acids is 1. The fourth-order valence-corrected chi connectivity index (χ4v) is 6.66. The Morgan fingerprint density at radius 2 is 1.08 bits per heavy atom. The zero-order valence-corrected chi connectivity index (χ0v) is 30.9. The van der Waals surface area contributed by atoms with Crippen molar-refractivity contribution >= 4 is 69.8 Å². The molecule has 0 aliphatic carbocycles. The molecule has 6 rings (SSSR count). The number of carbonyl (C=O) groups is 2. The van der Waals surface area contributed by atoms with Crippen molar-refractivity contribution in [2.45, 2.75) is 51.7 Å². The molecule has 0 radical (unpaired) electrons. The number of benzene rings is 4. The van der Waals surface area contributed by atoms with Gasteiger partial charge in [-0.1, -0.05) is 68.8 Å². The monoisotopic (exact) mass is 776 g/mol. The van der Waals surface area contributed by atoms with Gasteiger partial charge in [0, 0.05) is 24.0 Å². The second-order valence-electron chi connectivity index (χ2n) is 12.4. The minimum absolute atomic E-state index is 0.0657. The molecule has 0 aromatic heterocycles. The fraction of sp³-hybridized carbons (Fsp3) is 0.243. The molecule has 2 heterocycles. The lowest BCUT2D eigenvalue weighted by atomic mass is 9.88. The highest BCUT2D eigenvalue weighted by molar-refractivity contribution is 6.35. The molecule has 8 nitrogen and oxygen atoms in total. The first-order valence-electron chi connectivity index (χ1n) is 15.3. The third-order valence-corrected chi connectivity index (χ3v) is 9.77. The van der Waals surface area contributed by atoms with Crippen LogP contribution in [0.2, 0.25) is 20.1 Å². The molecular formula is C37H30Cl4F2N2O6. The number of hydrogen-bond donors (Lipinski definition) is 1. The average molecular weight is 778 g/mol. The zero-order valence-electron chi connectivity index (χ0n) is 27.8. The van der Waals surface area contributed by atoms with Gasteiger partial charge in [-0.25, -0.2) is 18.4 Å². The first kappa shape index (κ1) is 38.0. The third kappa shape index (κ3) is 7.84. The molecule has 0 amide bonds. The van der Waals surface area contributed by atoms with Gasteiger partial charge in [-0.05, 0) is 98.5 Å². The molecule has 0 saturated carbocycles. The van der Waals surface area contributed by atoms with Crippen molar-refractivity contribution in [3.05, 3.63) is 137 Å². The van der Waals surface area contributed by atoms with Crippen LogP contribution in [0.4, 0.5) is 8.78 Å². The second-order valence-corrected chi connectivity index (χ2v) is 14.1. The van der Waals surface area contributed by atoms with Crippen molar-refractivity contribution in [3.63, 3.8) is 0 Å². The van der Waals surface area contributed by atoms with Gasteiger partial charge in [0.2, 0.25) is 0 Å². The first-order valence-corrected chi connectivity index (χ1v) is 16.8. The number of methoxy groups -OCH3 is 1. The van der Waals surface area contributed by atoms with E-state index in [0.717, 1.165) is 16.7 Å². The Morgan fingerprint density at radius 3 is 1.41 bits per heavy atom. The summed E-state index contributed by atoms with van der Waals surface area (Å²) in [7, 11) is 1.34. The predicted molar refractivity (Wildman–Crippen MR) is 193 cm³/mol. The van der Waals surface area contributed by atoms with Gasteiger partial charge < -0.3 is 19.5 Å². The van der Waals surface area contributed by atoms with E-state index in [4.69, 9.17) is 65.9 Å². The molecule has 266 valence electrons. The Hall–Kier alpha value is -4.22. The molecule has 0 spiro atoms. The normalized spacial score (nSPS) is 19.3. The highest BCUT2D eigenvalue weighted by atomic mass is 35.5. The smallest absolute Gasteiger partial charge is 0.338 e. The lowest BCUT2D eigenvalue weighted by Gasteiger charge is -2.22. The van der Waals surface area contributed by atoms with E-state index in [2.05, 4.69) is 10.3 Å². The van der Waals surface area contributed by atoms with Crippen LogP contribution in [0.3, 0.4) is 0 Å². The Kier molecular flexibility index (Phi) is 11.0. The maximum atomic E-state index is 13.7. The number of ether oxygens (including phenoxy) is 1. The van der Waals surface area contributed by atoms with Crippen LogP contribution in [0, 0.1) is 25.5 Å². The lowest BCUT2D eigenvalue weighted by molar-refractivity contribution is -0.00760. The molecule has 4 aromatic carbocycles. The minimum atomic E-state index is -0.978. The highest BCUT2D eigenvalue weighted by Gasteiger charge is 2.39. The fourth-order valence-electron chi connectivity index (χ4n) is 5.69. The molecule has 2 aliphatic heterocycles. The summed E-state index contributed by atoms with van der Waals surface area (Å²) in [5, 5.41) is 17.1. The summed E-state index contributed by atoms with van der Waals surface area (Å²) in [6.45, 7) is 7.19. The molecule has 2 atom stereocenters. The largest absolute Gasteiger partial charge is 0.478 e. The van der Waals surface area contributed by atoms with E-state index in [-0.39, 0.29) is 31.6 Å². The van der Waals surface area contributed by atoms with Crippen molar-refractivity contribution in [1.29, 1.82) is 0 Å². The number of hydrogen-bond acceptors (Lipinski definition) is 7. The molecular weight excluding hydrogens is 748 g/mol. The van der Waals surface area contributed by atoms with E-state index in [9.17, 15) is 18.4 Å². The van der Waals surface area contributed by atoms with Crippen LogP contribution in [0.5, 0.6) is 0 Å². The maximum absolute atomic E-state index is 13.7. The van der Waals surface area contributed by atoms with Crippen LogP contribution < -0.4 is 0 Å². The molecule has 51 heavy (non-hydrogen) atoms. The van der Waals surface area contributed by atoms with Gasteiger partial charge in [0.05, 0.1) is 49.8 Å². The van der Waals surface area contributed by atoms with Crippen molar-refractivity contribution in [3.8, 4) is 0 Å². The lowest BCUT2D eigenvalue weighted by Crippen LogP contribution is -2.22. The zero-order chi connectivity index (χ0) is 37.4. The number of oxime groups is 2. The van der Waals surface area contributed by atoms with Gasteiger partial charge >= 0.3 is 11.9 Å². The van der Waals surface area contributed by atoms with E-state index in [0.29, 0.717) is 46.5 Å². The number of halogens is 6. The van der Waals surface area contributed by atoms with Crippen LogP contribution in [-0.2, 0) is 25.6 Å². The predicted octanol–water partition coefficient (Wildman–Crippen LogP) is 10.4. The van der Waals surface area contributed by atoms with Crippen LogP contribution in [0.15, 0.2) is 71.0 Å². The second kappa shape index (κ2) is 14.8. The number of nitrogens with zero attached hydrogens (tertiary/aromatic N) is 2. The molecule has 1 N–H and O–H groups in total.